The molecule has 1 aromatic rings. The van der Waals surface area contributed by atoms with Gasteiger partial charge in [0.15, 0.2) is 0 Å². The average molecular weight is 274 g/mol. The SMILES string of the molecule is CCC1(C)CC1C(=O)N(CCN)CCc1ccccc1. The lowest BCUT2D eigenvalue weighted by Crippen LogP contribution is -2.38. The molecule has 2 atom stereocenters. The van der Waals surface area contributed by atoms with Crippen LogP contribution < -0.4 is 5.73 Å². The van der Waals surface area contributed by atoms with Crippen molar-refractivity contribution in [2.24, 2.45) is 17.1 Å². The van der Waals surface area contributed by atoms with Gasteiger partial charge in [-0.2, -0.15) is 0 Å². The van der Waals surface area contributed by atoms with Crippen molar-refractivity contribution < 1.29 is 4.79 Å². The first kappa shape index (κ1) is 15.0. The Labute approximate surface area is 122 Å². The molecule has 1 fully saturated rings. The van der Waals surface area contributed by atoms with Gasteiger partial charge >= 0.3 is 0 Å². The van der Waals surface area contributed by atoms with E-state index in [1.807, 2.05) is 23.1 Å². The summed E-state index contributed by atoms with van der Waals surface area (Å²) in [5, 5.41) is 0. The van der Waals surface area contributed by atoms with Crippen molar-refractivity contribution in [2.75, 3.05) is 19.6 Å². The number of benzene rings is 1. The van der Waals surface area contributed by atoms with E-state index in [2.05, 4.69) is 26.0 Å². The molecule has 0 bridgehead atoms. The summed E-state index contributed by atoms with van der Waals surface area (Å²) < 4.78 is 0. The first-order chi connectivity index (χ1) is 9.60. The summed E-state index contributed by atoms with van der Waals surface area (Å²) >= 11 is 0. The van der Waals surface area contributed by atoms with E-state index in [1.54, 1.807) is 0 Å². The molecule has 20 heavy (non-hydrogen) atoms. The molecule has 0 spiro atoms. The van der Waals surface area contributed by atoms with Crippen molar-refractivity contribution in [3.05, 3.63) is 35.9 Å². The van der Waals surface area contributed by atoms with Gasteiger partial charge in [0.1, 0.15) is 0 Å². The molecular formula is C17H26N2O. The third-order valence-electron chi connectivity index (χ3n) is 4.68. The Balaban J connectivity index is 1.92. The van der Waals surface area contributed by atoms with Gasteiger partial charge in [0, 0.05) is 25.6 Å². The predicted octanol–water partition coefficient (Wildman–Crippen LogP) is 2.45. The maximum Gasteiger partial charge on any atom is 0.226 e. The standard InChI is InChI=1S/C17H26N2O/c1-3-17(2)13-15(17)16(20)19(12-10-18)11-9-14-7-5-4-6-8-14/h4-8,15H,3,9-13,18H2,1-2H3. The summed E-state index contributed by atoms with van der Waals surface area (Å²) in [4.78, 5) is 14.5. The second-order valence-corrected chi connectivity index (χ2v) is 6.11. The van der Waals surface area contributed by atoms with Gasteiger partial charge in [-0.15, -0.1) is 0 Å². The smallest absolute Gasteiger partial charge is 0.226 e. The molecule has 0 heterocycles. The Morgan fingerprint density at radius 2 is 2.05 bits per heavy atom. The van der Waals surface area contributed by atoms with Gasteiger partial charge < -0.3 is 10.6 Å². The largest absolute Gasteiger partial charge is 0.341 e. The third-order valence-corrected chi connectivity index (χ3v) is 4.68. The number of rotatable bonds is 7. The van der Waals surface area contributed by atoms with Crippen LogP contribution in [0.1, 0.15) is 32.3 Å². The number of amides is 1. The van der Waals surface area contributed by atoms with Gasteiger partial charge in [-0.05, 0) is 30.2 Å². The van der Waals surface area contributed by atoms with Crippen molar-refractivity contribution in [3.63, 3.8) is 0 Å². The Bertz CT molecular complexity index is 446. The first-order valence-corrected chi connectivity index (χ1v) is 7.63. The van der Waals surface area contributed by atoms with E-state index in [1.165, 1.54) is 5.56 Å². The zero-order chi connectivity index (χ0) is 14.6. The molecule has 1 aliphatic rings. The summed E-state index contributed by atoms with van der Waals surface area (Å²) in [5.74, 6) is 0.519. The molecule has 1 aliphatic carbocycles. The lowest BCUT2D eigenvalue weighted by molar-refractivity contribution is -0.133. The minimum absolute atomic E-state index is 0.217. The summed E-state index contributed by atoms with van der Waals surface area (Å²) in [7, 11) is 0. The van der Waals surface area contributed by atoms with Gasteiger partial charge in [0.2, 0.25) is 5.91 Å². The molecular weight excluding hydrogens is 248 g/mol. The quantitative estimate of drug-likeness (QED) is 0.830. The number of carbonyl (C=O) groups is 1. The van der Waals surface area contributed by atoms with Crippen LogP contribution in [0.3, 0.4) is 0 Å². The van der Waals surface area contributed by atoms with Crippen LogP contribution in [0.25, 0.3) is 0 Å². The zero-order valence-electron chi connectivity index (χ0n) is 12.6. The molecule has 110 valence electrons. The van der Waals surface area contributed by atoms with Gasteiger partial charge in [0.25, 0.3) is 0 Å². The van der Waals surface area contributed by atoms with E-state index in [-0.39, 0.29) is 11.3 Å². The highest BCUT2D eigenvalue weighted by molar-refractivity contribution is 5.82. The first-order valence-electron chi connectivity index (χ1n) is 7.63. The molecule has 0 aromatic heterocycles. The normalized spacial score (nSPS) is 24.4. The van der Waals surface area contributed by atoms with Crippen LogP contribution in [0.5, 0.6) is 0 Å². The minimum Gasteiger partial charge on any atom is -0.341 e. The summed E-state index contributed by atoms with van der Waals surface area (Å²) in [6.45, 7) is 6.37. The second-order valence-electron chi connectivity index (χ2n) is 6.11. The Morgan fingerprint density at radius 1 is 1.35 bits per heavy atom. The lowest BCUT2D eigenvalue weighted by atomic mass is 10.0. The molecule has 1 amide bonds. The zero-order valence-corrected chi connectivity index (χ0v) is 12.6. The van der Waals surface area contributed by atoms with Crippen molar-refractivity contribution >= 4 is 5.91 Å². The van der Waals surface area contributed by atoms with Crippen molar-refractivity contribution in [2.45, 2.75) is 33.1 Å². The fraction of sp³-hybridized carbons (Fsp3) is 0.588. The number of carbonyl (C=O) groups excluding carboxylic acids is 1. The van der Waals surface area contributed by atoms with E-state index in [9.17, 15) is 4.79 Å². The van der Waals surface area contributed by atoms with E-state index in [4.69, 9.17) is 5.73 Å². The molecule has 3 heteroatoms. The maximum absolute atomic E-state index is 12.6. The van der Waals surface area contributed by atoms with Gasteiger partial charge in [-0.1, -0.05) is 44.2 Å². The minimum atomic E-state index is 0.217. The van der Waals surface area contributed by atoms with Crippen molar-refractivity contribution in [1.29, 1.82) is 0 Å². The number of nitrogens with two attached hydrogens (primary N) is 1. The Morgan fingerprint density at radius 3 is 2.60 bits per heavy atom. The van der Waals surface area contributed by atoms with Crippen molar-refractivity contribution in [3.8, 4) is 0 Å². The van der Waals surface area contributed by atoms with E-state index >= 15 is 0 Å². The molecule has 2 rings (SSSR count). The maximum atomic E-state index is 12.6. The fourth-order valence-electron chi connectivity index (χ4n) is 2.80. The fourth-order valence-corrected chi connectivity index (χ4v) is 2.80. The summed E-state index contributed by atoms with van der Waals surface area (Å²) in [5.41, 5.74) is 7.17. The molecule has 3 nitrogen and oxygen atoms in total. The monoisotopic (exact) mass is 274 g/mol. The molecule has 0 radical (unpaired) electrons. The van der Waals surface area contributed by atoms with Gasteiger partial charge in [-0.25, -0.2) is 0 Å². The molecule has 1 saturated carbocycles. The highest BCUT2D eigenvalue weighted by Gasteiger charge is 2.53. The number of hydrogen-bond acceptors (Lipinski definition) is 2. The Kier molecular flexibility index (Phi) is 4.81. The van der Waals surface area contributed by atoms with Crippen LogP contribution in [0.4, 0.5) is 0 Å². The van der Waals surface area contributed by atoms with Crippen LogP contribution in [-0.4, -0.2) is 30.4 Å². The average Bonchev–Trinajstić information content (AvgIpc) is 3.17. The van der Waals surface area contributed by atoms with E-state index < -0.39 is 0 Å². The summed E-state index contributed by atoms with van der Waals surface area (Å²) in [6.07, 6.45) is 3.02. The van der Waals surface area contributed by atoms with Crippen LogP contribution in [0.2, 0.25) is 0 Å². The van der Waals surface area contributed by atoms with Crippen LogP contribution in [0.15, 0.2) is 30.3 Å². The van der Waals surface area contributed by atoms with E-state index in [0.29, 0.717) is 19.0 Å². The third kappa shape index (κ3) is 3.40. The summed E-state index contributed by atoms with van der Waals surface area (Å²) in [6, 6.07) is 10.3. The second kappa shape index (κ2) is 6.40. The highest BCUT2D eigenvalue weighted by Crippen LogP contribution is 2.55. The van der Waals surface area contributed by atoms with Gasteiger partial charge in [0.05, 0.1) is 0 Å². The molecule has 0 aliphatic heterocycles. The van der Waals surface area contributed by atoms with Crippen LogP contribution in [0, 0.1) is 11.3 Å². The topological polar surface area (TPSA) is 46.3 Å². The lowest BCUT2D eigenvalue weighted by Gasteiger charge is -2.23. The highest BCUT2D eigenvalue weighted by atomic mass is 16.2. The van der Waals surface area contributed by atoms with Crippen LogP contribution >= 0.6 is 0 Å². The molecule has 2 unspecified atom stereocenters. The molecule has 2 N–H and O–H groups in total. The molecule has 0 saturated heterocycles. The number of nitrogens with zero attached hydrogens (tertiary/aromatic N) is 1. The van der Waals surface area contributed by atoms with Crippen LogP contribution in [-0.2, 0) is 11.2 Å². The Hall–Kier alpha value is -1.35. The number of hydrogen-bond donors (Lipinski definition) is 1. The van der Waals surface area contributed by atoms with E-state index in [0.717, 1.165) is 25.8 Å². The predicted molar refractivity (Wildman–Crippen MR) is 82.3 cm³/mol. The molecule has 1 aromatic carbocycles. The van der Waals surface area contributed by atoms with Gasteiger partial charge in [-0.3, -0.25) is 4.79 Å². The van der Waals surface area contributed by atoms with Crippen molar-refractivity contribution in [1.82, 2.24) is 4.90 Å².